The van der Waals surface area contributed by atoms with Crippen molar-refractivity contribution in [1.29, 1.82) is 0 Å². The van der Waals surface area contributed by atoms with Gasteiger partial charge in [0.05, 0.1) is 5.02 Å². The molecule has 0 aromatic carbocycles. The molecule has 0 aliphatic heterocycles. The van der Waals surface area contributed by atoms with Gasteiger partial charge in [0, 0.05) is 25.0 Å². The Morgan fingerprint density at radius 1 is 1.33 bits per heavy atom. The molecule has 82 valence electrons. The van der Waals surface area contributed by atoms with Crippen LogP contribution in [0.2, 0.25) is 5.02 Å². The number of nitrogens with one attached hydrogen (secondary N) is 1. The summed E-state index contributed by atoms with van der Waals surface area (Å²) in [4.78, 5) is 3.98. The quantitative estimate of drug-likeness (QED) is 0.853. The first-order chi connectivity index (χ1) is 7.36. The van der Waals surface area contributed by atoms with E-state index >= 15 is 0 Å². The molecule has 2 rings (SSSR count). The number of hydrogen-bond donors (Lipinski definition) is 1. The van der Waals surface area contributed by atoms with Crippen LogP contribution >= 0.6 is 11.6 Å². The lowest BCUT2D eigenvalue weighted by Crippen LogP contribution is -2.30. The molecule has 0 amide bonds. The standard InChI is InChI=1S/C12H17ClN2/c13-12-9-14-7-6-10(12)8-15-11-4-2-1-3-5-11/h6-7,9,11,15H,1-5,8H2. The fourth-order valence-corrected chi connectivity index (χ4v) is 2.29. The van der Waals surface area contributed by atoms with E-state index in [1.807, 2.05) is 6.07 Å². The lowest BCUT2D eigenvalue weighted by molar-refractivity contribution is 0.372. The minimum Gasteiger partial charge on any atom is -0.310 e. The van der Waals surface area contributed by atoms with Crippen molar-refractivity contribution in [2.45, 2.75) is 44.7 Å². The van der Waals surface area contributed by atoms with E-state index < -0.39 is 0 Å². The summed E-state index contributed by atoms with van der Waals surface area (Å²) in [5, 5.41) is 4.33. The van der Waals surface area contributed by atoms with Crippen molar-refractivity contribution in [3.05, 3.63) is 29.0 Å². The maximum atomic E-state index is 6.04. The third kappa shape index (κ3) is 3.18. The molecule has 3 heteroatoms. The summed E-state index contributed by atoms with van der Waals surface area (Å²) in [7, 11) is 0. The van der Waals surface area contributed by atoms with Crippen LogP contribution in [0.1, 0.15) is 37.7 Å². The molecule has 1 N–H and O–H groups in total. The summed E-state index contributed by atoms with van der Waals surface area (Å²) >= 11 is 6.04. The third-order valence-corrected chi connectivity index (χ3v) is 3.38. The van der Waals surface area contributed by atoms with Crippen LogP contribution in [0.15, 0.2) is 18.5 Å². The smallest absolute Gasteiger partial charge is 0.0634 e. The number of nitrogens with zero attached hydrogens (tertiary/aromatic N) is 1. The zero-order valence-electron chi connectivity index (χ0n) is 8.88. The summed E-state index contributed by atoms with van der Waals surface area (Å²) in [6.45, 7) is 0.867. The zero-order valence-corrected chi connectivity index (χ0v) is 9.63. The highest BCUT2D eigenvalue weighted by atomic mass is 35.5. The van der Waals surface area contributed by atoms with Crippen LogP contribution in [-0.4, -0.2) is 11.0 Å². The summed E-state index contributed by atoms with van der Waals surface area (Å²) in [6.07, 6.45) is 10.2. The third-order valence-electron chi connectivity index (χ3n) is 3.04. The Balaban J connectivity index is 1.84. The largest absolute Gasteiger partial charge is 0.310 e. The Hall–Kier alpha value is -0.600. The van der Waals surface area contributed by atoms with Crippen molar-refractivity contribution in [2.24, 2.45) is 0 Å². The first kappa shape index (κ1) is 10.9. The lowest BCUT2D eigenvalue weighted by atomic mass is 9.95. The van der Waals surface area contributed by atoms with Gasteiger partial charge in [0.1, 0.15) is 0 Å². The molecule has 0 atom stereocenters. The summed E-state index contributed by atoms with van der Waals surface area (Å²) in [5.74, 6) is 0. The molecule has 0 saturated heterocycles. The maximum Gasteiger partial charge on any atom is 0.0634 e. The van der Waals surface area contributed by atoms with E-state index in [4.69, 9.17) is 11.6 Å². The predicted molar refractivity (Wildman–Crippen MR) is 63.0 cm³/mol. The van der Waals surface area contributed by atoms with Crippen LogP contribution in [0.5, 0.6) is 0 Å². The summed E-state index contributed by atoms with van der Waals surface area (Å²) in [6, 6.07) is 2.67. The van der Waals surface area contributed by atoms with Gasteiger partial charge in [-0.15, -0.1) is 0 Å². The highest BCUT2D eigenvalue weighted by Crippen LogP contribution is 2.19. The molecule has 1 aromatic rings. The Morgan fingerprint density at radius 3 is 2.87 bits per heavy atom. The van der Waals surface area contributed by atoms with E-state index in [2.05, 4.69) is 10.3 Å². The molecule has 1 saturated carbocycles. The van der Waals surface area contributed by atoms with E-state index in [0.717, 1.165) is 17.1 Å². The molecular weight excluding hydrogens is 208 g/mol. The molecular formula is C12H17ClN2. The average Bonchev–Trinajstić information content (AvgIpc) is 2.29. The van der Waals surface area contributed by atoms with Gasteiger partial charge in [-0.05, 0) is 24.5 Å². The lowest BCUT2D eigenvalue weighted by Gasteiger charge is -2.23. The highest BCUT2D eigenvalue weighted by Gasteiger charge is 2.12. The van der Waals surface area contributed by atoms with Crippen LogP contribution < -0.4 is 5.32 Å². The van der Waals surface area contributed by atoms with Gasteiger partial charge in [0.25, 0.3) is 0 Å². The Kier molecular flexibility index (Phi) is 3.98. The van der Waals surface area contributed by atoms with Crippen molar-refractivity contribution < 1.29 is 0 Å². The molecule has 0 unspecified atom stereocenters. The molecule has 1 aliphatic rings. The minimum atomic E-state index is 0.683. The molecule has 2 nitrogen and oxygen atoms in total. The van der Waals surface area contributed by atoms with Crippen molar-refractivity contribution in [3.63, 3.8) is 0 Å². The molecule has 1 fully saturated rings. The Bertz CT molecular complexity index is 308. The molecule has 1 aromatic heterocycles. The van der Waals surface area contributed by atoms with E-state index in [9.17, 15) is 0 Å². The van der Waals surface area contributed by atoms with E-state index in [0.29, 0.717) is 6.04 Å². The minimum absolute atomic E-state index is 0.683. The molecule has 1 heterocycles. The van der Waals surface area contributed by atoms with E-state index in [1.165, 1.54) is 32.1 Å². The first-order valence-electron chi connectivity index (χ1n) is 5.68. The maximum absolute atomic E-state index is 6.04. The van der Waals surface area contributed by atoms with E-state index in [-0.39, 0.29) is 0 Å². The highest BCUT2D eigenvalue weighted by molar-refractivity contribution is 6.31. The predicted octanol–water partition coefficient (Wildman–Crippen LogP) is 3.16. The van der Waals surface area contributed by atoms with Crippen molar-refractivity contribution in [2.75, 3.05) is 0 Å². The average molecular weight is 225 g/mol. The second kappa shape index (κ2) is 5.47. The number of rotatable bonds is 3. The van der Waals surface area contributed by atoms with Gasteiger partial charge in [-0.2, -0.15) is 0 Å². The van der Waals surface area contributed by atoms with Crippen LogP contribution in [0.3, 0.4) is 0 Å². The topological polar surface area (TPSA) is 24.9 Å². The molecule has 0 bridgehead atoms. The molecule has 0 radical (unpaired) electrons. The van der Waals surface area contributed by atoms with Crippen molar-refractivity contribution >= 4 is 11.6 Å². The van der Waals surface area contributed by atoms with Crippen LogP contribution in [0, 0.1) is 0 Å². The van der Waals surface area contributed by atoms with Crippen LogP contribution in [-0.2, 0) is 6.54 Å². The van der Waals surface area contributed by atoms with Gasteiger partial charge in [-0.1, -0.05) is 30.9 Å². The molecule has 0 spiro atoms. The van der Waals surface area contributed by atoms with Gasteiger partial charge in [-0.3, -0.25) is 4.98 Å². The number of hydrogen-bond acceptors (Lipinski definition) is 2. The molecule has 1 aliphatic carbocycles. The monoisotopic (exact) mass is 224 g/mol. The zero-order chi connectivity index (χ0) is 10.5. The van der Waals surface area contributed by atoms with Crippen molar-refractivity contribution in [1.82, 2.24) is 10.3 Å². The fourth-order valence-electron chi connectivity index (χ4n) is 2.11. The number of halogens is 1. The van der Waals surface area contributed by atoms with Gasteiger partial charge in [-0.25, -0.2) is 0 Å². The van der Waals surface area contributed by atoms with Crippen LogP contribution in [0.25, 0.3) is 0 Å². The normalized spacial score (nSPS) is 17.9. The fraction of sp³-hybridized carbons (Fsp3) is 0.583. The summed E-state index contributed by atoms with van der Waals surface area (Å²) in [5.41, 5.74) is 1.15. The number of aromatic nitrogens is 1. The van der Waals surface area contributed by atoms with E-state index in [1.54, 1.807) is 12.4 Å². The summed E-state index contributed by atoms with van der Waals surface area (Å²) < 4.78 is 0. The van der Waals surface area contributed by atoms with Crippen LogP contribution in [0.4, 0.5) is 0 Å². The van der Waals surface area contributed by atoms with Gasteiger partial charge < -0.3 is 5.32 Å². The first-order valence-corrected chi connectivity index (χ1v) is 6.06. The van der Waals surface area contributed by atoms with Crippen molar-refractivity contribution in [3.8, 4) is 0 Å². The SMILES string of the molecule is Clc1cnccc1CNC1CCCCC1. The second-order valence-corrected chi connectivity index (χ2v) is 4.59. The van der Waals surface area contributed by atoms with Gasteiger partial charge >= 0.3 is 0 Å². The Morgan fingerprint density at radius 2 is 2.13 bits per heavy atom. The number of pyridine rings is 1. The molecule has 15 heavy (non-hydrogen) atoms. The van der Waals surface area contributed by atoms with Gasteiger partial charge in [0.2, 0.25) is 0 Å². The van der Waals surface area contributed by atoms with Gasteiger partial charge in [0.15, 0.2) is 0 Å². The Labute approximate surface area is 96.1 Å². The second-order valence-electron chi connectivity index (χ2n) is 4.18.